The largest absolute Gasteiger partial charge is 0.494 e. The number of piperidine rings is 1. The van der Waals surface area contributed by atoms with Gasteiger partial charge in [-0.2, -0.15) is 0 Å². The molecular weight excluding hydrogens is 556 g/mol. The molecule has 11 heteroatoms. The minimum Gasteiger partial charge on any atom is -0.494 e. The van der Waals surface area contributed by atoms with Crippen LogP contribution in [0.2, 0.25) is 5.15 Å². The molecule has 222 valence electrons. The van der Waals surface area contributed by atoms with Crippen molar-refractivity contribution in [3.05, 3.63) is 41.0 Å². The number of carbonyl (C=O) groups is 2. The molecule has 1 N–H and O–H groups in total. The average Bonchev–Trinajstić information content (AvgIpc) is 3.62. The number of benzene rings is 1. The Morgan fingerprint density at radius 3 is 2.55 bits per heavy atom. The summed E-state index contributed by atoms with van der Waals surface area (Å²) in [5, 5.41) is 4.43. The number of aryl methyl sites for hydroxylation is 1. The van der Waals surface area contributed by atoms with Gasteiger partial charge in [-0.05, 0) is 83.7 Å². The number of imidazole rings is 1. The van der Waals surface area contributed by atoms with E-state index < -0.39 is 11.7 Å². The lowest BCUT2D eigenvalue weighted by Gasteiger charge is -2.39. The second-order valence-electron chi connectivity index (χ2n) is 12.4. The molecule has 1 saturated heterocycles. The first-order valence-corrected chi connectivity index (χ1v) is 14.9. The van der Waals surface area contributed by atoms with Crippen LogP contribution >= 0.6 is 11.6 Å². The zero-order valence-corrected chi connectivity index (χ0v) is 25.7. The molecule has 2 atom stereocenters. The SMILES string of the molecule is COc1cc(C(=O)N2CCCC(NC(=O)OC(C)(C)C)C2C)cc2nc(-c3cc4ccc(Cl)nc4n3C3CC3)n(C)c12. The number of halogens is 1. The van der Waals surface area contributed by atoms with E-state index in [4.69, 9.17) is 26.1 Å². The molecule has 4 heterocycles. The van der Waals surface area contributed by atoms with Crippen molar-refractivity contribution < 1.29 is 19.1 Å². The first-order chi connectivity index (χ1) is 19.9. The summed E-state index contributed by atoms with van der Waals surface area (Å²) in [6, 6.07) is 9.43. The van der Waals surface area contributed by atoms with Crippen LogP contribution in [0.3, 0.4) is 0 Å². The van der Waals surface area contributed by atoms with Gasteiger partial charge >= 0.3 is 6.09 Å². The summed E-state index contributed by atoms with van der Waals surface area (Å²) in [6.07, 6.45) is 3.22. The van der Waals surface area contributed by atoms with Gasteiger partial charge < -0.3 is 28.8 Å². The lowest BCUT2D eigenvalue weighted by molar-refractivity contribution is 0.0385. The van der Waals surface area contributed by atoms with Crippen LogP contribution in [0.15, 0.2) is 30.3 Å². The van der Waals surface area contributed by atoms with Gasteiger partial charge in [0.1, 0.15) is 27.7 Å². The molecule has 42 heavy (non-hydrogen) atoms. The molecule has 1 aliphatic heterocycles. The van der Waals surface area contributed by atoms with E-state index in [0.717, 1.165) is 53.8 Å². The van der Waals surface area contributed by atoms with Gasteiger partial charge in [-0.25, -0.2) is 14.8 Å². The van der Waals surface area contributed by atoms with Crippen molar-refractivity contribution in [2.24, 2.45) is 7.05 Å². The molecule has 1 aliphatic carbocycles. The number of hydrogen-bond donors (Lipinski definition) is 1. The van der Waals surface area contributed by atoms with Crippen molar-refractivity contribution in [1.29, 1.82) is 0 Å². The molecule has 6 rings (SSSR count). The molecular formula is C31H37ClN6O4. The maximum absolute atomic E-state index is 13.9. The number of ether oxygens (including phenoxy) is 2. The van der Waals surface area contributed by atoms with Gasteiger partial charge in [0.05, 0.1) is 24.4 Å². The number of likely N-dealkylation sites (tertiary alicyclic amines) is 1. The van der Waals surface area contributed by atoms with E-state index in [1.807, 2.05) is 56.3 Å². The van der Waals surface area contributed by atoms with Crippen LogP contribution in [0.25, 0.3) is 33.6 Å². The Balaban J connectivity index is 1.35. The summed E-state index contributed by atoms with van der Waals surface area (Å²) in [5.74, 6) is 1.21. The van der Waals surface area contributed by atoms with Crippen molar-refractivity contribution in [3.63, 3.8) is 0 Å². The van der Waals surface area contributed by atoms with Gasteiger partial charge in [0, 0.05) is 36.6 Å². The molecule has 10 nitrogen and oxygen atoms in total. The van der Waals surface area contributed by atoms with E-state index in [9.17, 15) is 9.59 Å². The lowest BCUT2D eigenvalue weighted by atomic mass is 9.96. The number of alkyl carbamates (subject to hydrolysis) is 1. The topological polar surface area (TPSA) is 104 Å². The number of nitrogens with zero attached hydrogens (tertiary/aromatic N) is 5. The molecule has 2 amide bonds. The third kappa shape index (κ3) is 5.17. The fourth-order valence-corrected chi connectivity index (χ4v) is 6.16. The molecule has 1 saturated carbocycles. The van der Waals surface area contributed by atoms with Crippen LogP contribution in [0.1, 0.15) is 69.8 Å². The first-order valence-electron chi connectivity index (χ1n) is 14.5. The number of fused-ring (bicyclic) bond motifs is 2. The van der Waals surface area contributed by atoms with Gasteiger partial charge in [-0.3, -0.25) is 4.79 Å². The highest BCUT2D eigenvalue weighted by molar-refractivity contribution is 6.29. The number of aromatic nitrogens is 4. The molecule has 4 aromatic rings. The highest BCUT2D eigenvalue weighted by Gasteiger charge is 2.35. The normalized spacial score (nSPS) is 19.4. The molecule has 0 spiro atoms. The third-order valence-corrected chi connectivity index (χ3v) is 8.36. The lowest BCUT2D eigenvalue weighted by Crippen LogP contribution is -2.56. The Labute approximate surface area is 249 Å². The predicted molar refractivity (Wildman–Crippen MR) is 162 cm³/mol. The van der Waals surface area contributed by atoms with Crippen LogP contribution in [-0.2, 0) is 11.8 Å². The van der Waals surface area contributed by atoms with Crippen molar-refractivity contribution >= 4 is 45.7 Å². The zero-order chi connectivity index (χ0) is 29.9. The van der Waals surface area contributed by atoms with Crippen molar-refractivity contribution in [1.82, 2.24) is 29.3 Å². The smallest absolute Gasteiger partial charge is 0.407 e. The fourth-order valence-electron chi connectivity index (χ4n) is 6.01. The average molecular weight is 593 g/mol. The van der Waals surface area contributed by atoms with Gasteiger partial charge in [0.25, 0.3) is 5.91 Å². The minimum absolute atomic E-state index is 0.128. The second-order valence-corrected chi connectivity index (χ2v) is 12.7. The Bertz CT molecular complexity index is 1700. The Kier molecular flexibility index (Phi) is 7.07. The third-order valence-electron chi connectivity index (χ3n) is 8.14. The quantitative estimate of drug-likeness (QED) is 0.281. The molecule has 2 fully saturated rings. The summed E-state index contributed by atoms with van der Waals surface area (Å²) in [5.41, 5.74) is 3.17. The number of nitrogens with one attached hydrogen (secondary N) is 1. The maximum atomic E-state index is 13.9. The van der Waals surface area contributed by atoms with Gasteiger partial charge in [-0.1, -0.05) is 11.6 Å². The first kappa shape index (κ1) is 28.3. The van der Waals surface area contributed by atoms with E-state index in [0.29, 0.717) is 34.6 Å². The van der Waals surface area contributed by atoms with Crippen LogP contribution in [0, 0.1) is 0 Å². The molecule has 0 bridgehead atoms. The van der Waals surface area contributed by atoms with Crippen molar-refractivity contribution in [2.75, 3.05) is 13.7 Å². The number of carbonyl (C=O) groups excluding carboxylic acids is 2. The van der Waals surface area contributed by atoms with Crippen LogP contribution in [-0.4, -0.2) is 67.3 Å². The molecule has 2 aliphatic rings. The molecule has 3 aromatic heterocycles. The number of pyridine rings is 1. The monoisotopic (exact) mass is 592 g/mol. The Hall–Kier alpha value is -3.79. The van der Waals surface area contributed by atoms with E-state index in [2.05, 4.69) is 20.9 Å². The number of hydrogen-bond acceptors (Lipinski definition) is 6. The zero-order valence-electron chi connectivity index (χ0n) is 24.9. The van der Waals surface area contributed by atoms with Gasteiger partial charge in [0.15, 0.2) is 5.82 Å². The molecule has 2 unspecified atom stereocenters. The van der Waals surface area contributed by atoms with E-state index >= 15 is 0 Å². The summed E-state index contributed by atoms with van der Waals surface area (Å²) in [4.78, 5) is 37.8. The standard InChI is InChI=1S/C31H37ClN6O4/c1-17-21(34-30(40)42-31(2,3)4)8-7-13-37(17)29(39)19-14-22-26(24(16-19)41-6)36(5)28(33-22)23-15-18-9-12-25(32)35-27(18)38(23)20-10-11-20/h9,12,14-17,20-21H,7-8,10-11,13H2,1-6H3,(H,34,40). The Morgan fingerprint density at radius 1 is 1.10 bits per heavy atom. The van der Waals surface area contributed by atoms with E-state index in [-0.39, 0.29) is 18.0 Å². The highest BCUT2D eigenvalue weighted by atomic mass is 35.5. The minimum atomic E-state index is -0.596. The van der Waals surface area contributed by atoms with Crippen LogP contribution in [0.4, 0.5) is 4.79 Å². The Morgan fingerprint density at radius 2 is 1.86 bits per heavy atom. The summed E-state index contributed by atoms with van der Waals surface area (Å²) >= 11 is 6.26. The van der Waals surface area contributed by atoms with Crippen molar-refractivity contribution in [3.8, 4) is 17.3 Å². The number of rotatable bonds is 5. The highest BCUT2D eigenvalue weighted by Crippen LogP contribution is 2.43. The number of amides is 2. The molecule has 1 aromatic carbocycles. The van der Waals surface area contributed by atoms with Gasteiger partial charge in [0.2, 0.25) is 0 Å². The molecule has 0 radical (unpaired) electrons. The van der Waals surface area contributed by atoms with Gasteiger partial charge in [-0.15, -0.1) is 0 Å². The second kappa shape index (κ2) is 10.5. The summed E-state index contributed by atoms with van der Waals surface area (Å²) in [6.45, 7) is 8.05. The number of methoxy groups -OCH3 is 1. The maximum Gasteiger partial charge on any atom is 0.407 e. The van der Waals surface area contributed by atoms with E-state index in [1.54, 1.807) is 19.2 Å². The van der Waals surface area contributed by atoms with Crippen molar-refractivity contribution in [2.45, 2.75) is 77.1 Å². The van der Waals surface area contributed by atoms with E-state index in [1.165, 1.54) is 0 Å². The van der Waals surface area contributed by atoms with Crippen LogP contribution < -0.4 is 10.1 Å². The van der Waals surface area contributed by atoms with Crippen LogP contribution in [0.5, 0.6) is 5.75 Å². The summed E-state index contributed by atoms with van der Waals surface area (Å²) < 4.78 is 15.5. The fraction of sp³-hybridized carbons (Fsp3) is 0.484. The predicted octanol–water partition coefficient (Wildman–Crippen LogP) is 6.10. The summed E-state index contributed by atoms with van der Waals surface area (Å²) in [7, 11) is 3.57.